The van der Waals surface area contributed by atoms with Gasteiger partial charge >= 0.3 is 6.09 Å². The summed E-state index contributed by atoms with van der Waals surface area (Å²) >= 11 is 0. The van der Waals surface area contributed by atoms with Crippen LogP contribution in [-0.2, 0) is 17.7 Å². The zero-order valence-corrected chi connectivity index (χ0v) is 12.5. The Morgan fingerprint density at radius 3 is 2.67 bits per heavy atom. The van der Waals surface area contributed by atoms with E-state index in [1.165, 1.54) is 5.56 Å². The molecule has 0 spiro atoms. The highest BCUT2D eigenvalue weighted by Gasteiger charge is 2.17. The van der Waals surface area contributed by atoms with Crippen LogP contribution in [0.2, 0.25) is 0 Å². The molecule has 1 amide bonds. The third-order valence-corrected chi connectivity index (χ3v) is 2.64. The van der Waals surface area contributed by atoms with Gasteiger partial charge in [0, 0.05) is 6.54 Å². The number of ether oxygens (including phenoxy) is 1. The lowest BCUT2D eigenvalue weighted by atomic mass is 10.1. The van der Waals surface area contributed by atoms with Crippen LogP contribution in [0.25, 0.3) is 0 Å². The van der Waals surface area contributed by atoms with Crippen LogP contribution in [-0.4, -0.2) is 26.7 Å². The fraction of sp³-hybridized carbons (Fsp3) is 0.400. The zero-order chi connectivity index (χ0) is 15.3. The summed E-state index contributed by atoms with van der Waals surface area (Å²) in [5, 5.41) is 10.4. The number of amides is 1. The van der Waals surface area contributed by atoms with Gasteiger partial charge in [0.1, 0.15) is 5.60 Å². The first-order chi connectivity index (χ1) is 9.92. The summed E-state index contributed by atoms with van der Waals surface area (Å²) in [7, 11) is 0. The third-order valence-electron chi connectivity index (χ3n) is 2.64. The monoisotopic (exact) mass is 288 g/mol. The molecule has 0 aliphatic carbocycles. The molecule has 6 heteroatoms. The lowest BCUT2D eigenvalue weighted by Crippen LogP contribution is -2.27. The molecule has 6 nitrogen and oxygen atoms in total. The minimum Gasteiger partial charge on any atom is -0.444 e. The molecule has 0 saturated carbocycles. The molecule has 0 unspecified atom stereocenters. The predicted octanol–water partition coefficient (Wildman–Crippen LogP) is 2.87. The van der Waals surface area contributed by atoms with Crippen molar-refractivity contribution in [2.24, 2.45) is 0 Å². The van der Waals surface area contributed by atoms with Gasteiger partial charge in [-0.2, -0.15) is 0 Å². The van der Waals surface area contributed by atoms with Crippen molar-refractivity contribution < 1.29 is 9.53 Å². The van der Waals surface area contributed by atoms with Gasteiger partial charge in [0.05, 0.1) is 6.20 Å². The van der Waals surface area contributed by atoms with E-state index in [-0.39, 0.29) is 0 Å². The molecule has 0 aliphatic rings. The van der Waals surface area contributed by atoms with Crippen molar-refractivity contribution in [1.82, 2.24) is 15.0 Å². The minimum atomic E-state index is -0.534. The number of nitrogens with one attached hydrogen (secondary N) is 1. The van der Waals surface area contributed by atoms with Gasteiger partial charge in [-0.1, -0.05) is 35.5 Å². The van der Waals surface area contributed by atoms with Gasteiger partial charge in [-0.25, -0.2) is 9.48 Å². The van der Waals surface area contributed by atoms with Gasteiger partial charge in [-0.05, 0) is 32.8 Å². The van der Waals surface area contributed by atoms with E-state index in [1.54, 1.807) is 10.9 Å². The van der Waals surface area contributed by atoms with E-state index in [9.17, 15) is 4.79 Å². The Kier molecular flexibility index (Phi) is 4.57. The van der Waals surface area contributed by atoms with Crippen LogP contribution in [0.4, 0.5) is 10.6 Å². The van der Waals surface area contributed by atoms with E-state index in [0.717, 1.165) is 6.42 Å². The molecule has 21 heavy (non-hydrogen) atoms. The number of anilines is 1. The van der Waals surface area contributed by atoms with Crippen LogP contribution in [0, 0.1) is 0 Å². The van der Waals surface area contributed by atoms with Gasteiger partial charge in [0.2, 0.25) is 0 Å². The first kappa shape index (κ1) is 15.0. The standard InChI is InChI=1S/C15H20N4O2/c1-15(2,3)21-14(20)16-13-11-19(18-17-13)10-9-12-7-5-4-6-8-12/h4-8,11H,9-10H2,1-3H3,(H,16,20). The molecule has 0 atom stereocenters. The molecule has 112 valence electrons. The lowest BCUT2D eigenvalue weighted by Gasteiger charge is -2.18. The van der Waals surface area contributed by atoms with E-state index >= 15 is 0 Å². The average Bonchev–Trinajstić information content (AvgIpc) is 2.83. The van der Waals surface area contributed by atoms with E-state index in [4.69, 9.17) is 4.74 Å². The van der Waals surface area contributed by atoms with Gasteiger partial charge in [-0.15, -0.1) is 5.10 Å². The maximum Gasteiger partial charge on any atom is 0.413 e. The molecule has 1 heterocycles. The van der Waals surface area contributed by atoms with Crippen LogP contribution in [0.5, 0.6) is 0 Å². The second-order valence-electron chi connectivity index (χ2n) is 5.73. The van der Waals surface area contributed by atoms with Crippen LogP contribution < -0.4 is 5.32 Å². The lowest BCUT2D eigenvalue weighted by molar-refractivity contribution is 0.0635. The van der Waals surface area contributed by atoms with Crippen molar-refractivity contribution in [3.63, 3.8) is 0 Å². The number of aromatic nitrogens is 3. The Balaban J connectivity index is 1.85. The quantitative estimate of drug-likeness (QED) is 0.939. The maximum atomic E-state index is 11.6. The molecule has 2 aromatic rings. The number of hydrogen-bond donors (Lipinski definition) is 1. The summed E-state index contributed by atoms with van der Waals surface area (Å²) in [4.78, 5) is 11.6. The topological polar surface area (TPSA) is 69.0 Å². The van der Waals surface area contributed by atoms with Crippen LogP contribution in [0.15, 0.2) is 36.5 Å². The molecule has 0 aliphatic heterocycles. The summed E-state index contributed by atoms with van der Waals surface area (Å²) in [5.41, 5.74) is 0.697. The Hall–Kier alpha value is -2.37. The molecular weight excluding hydrogens is 268 g/mol. The van der Waals surface area contributed by atoms with Crippen molar-refractivity contribution >= 4 is 11.9 Å². The Bertz CT molecular complexity index is 587. The predicted molar refractivity (Wildman–Crippen MR) is 80.0 cm³/mol. The van der Waals surface area contributed by atoms with Gasteiger partial charge in [0.25, 0.3) is 0 Å². The third kappa shape index (κ3) is 5.25. The first-order valence-corrected chi connectivity index (χ1v) is 6.86. The number of hydrogen-bond acceptors (Lipinski definition) is 4. The number of benzene rings is 1. The average molecular weight is 288 g/mol. The number of rotatable bonds is 4. The summed E-state index contributed by atoms with van der Waals surface area (Å²) in [6, 6.07) is 10.1. The van der Waals surface area contributed by atoms with Crippen molar-refractivity contribution in [3.05, 3.63) is 42.1 Å². The Morgan fingerprint density at radius 1 is 1.29 bits per heavy atom. The van der Waals surface area contributed by atoms with E-state index in [0.29, 0.717) is 12.4 Å². The zero-order valence-electron chi connectivity index (χ0n) is 12.5. The van der Waals surface area contributed by atoms with E-state index in [2.05, 4.69) is 27.8 Å². The normalized spacial score (nSPS) is 11.2. The fourth-order valence-electron chi connectivity index (χ4n) is 1.76. The molecule has 1 aromatic carbocycles. The van der Waals surface area contributed by atoms with Crippen molar-refractivity contribution in [3.8, 4) is 0 Å². The van der Waals surface area contributed by atoms with E-state index in [1.807, 2.05) is 39.0 Å². The van der Waals surface area contributed by atoms with Crippen LogP contribution >= 0.6 is 0 Å². The first-order valence-electron chi connectivity index (χ1n) is 6.86. The molecule has 1 N–H and O–H groups in total. The molecule has 0 saturated heterocycles. The highest BCUT2D eigenvalue weighted by atomic mass is 16.6. The molecule has 0 radical (unpaired) electrons. The largest absolute Gasteiger partial charge is 0.444 e. The Morgan fingerprint density at radius 2 is 2.00 bits per heavy atom. The van der Waals surface area contributed by atoms with Crippen molar-refractivity contribution in [2.75, 3.05) is 5.32 Å². The number of aryl methyl sites for hydroxylation is 2. The maximum absolute atomic E-state index is 11.6. The van der Waals surface area contributed by atoms with Crippen molar-refractivity contribution in [1.29, 1.82) is 0 Å². The molecule has 1 aromatic heterocycles. The van der Waals surface area contributed by atoms with Crippen LogP contribution in [0.1, 0.15) is 26.3 Å². The smallest absolute Gasteiger partial charge is 0.413 e. The number of carbonyl (C=O) groups excluding carboxylic acids is 1. The number of nitrogens with zero attached hydrogens (tertiary/aromatic N) is 3. The summed E-state index contributed by atoms with van der Waals surface area (Å²) in [6.45, 7) is 6.13. The summed E-state index contributed by atoms with van der Waals surface area (Å²) in [6.07, 6.45) is 2.01. The van der Waals surface area contributed by atoms with Crippen molar-refractivity contribution in [2.45, 2.75) is 39.3 Å². The Labute approximate surface area is 124 Å². The molecule has 0 fully saturated rings. The SMILES string of the molecule is CC(C)(C)OC(=O)Nc1cn(CCc2ccccc2)nn1. The van der Waals surface area contributed by atoms with Gasteiger partial charge in [0.15, 0.2) is 5.82 Å². The fourth-order valence-corrected chi connectivity index (χ4v) is 1.76. The minimum absolute atomic E-state index is 0.386. The second kappa shape index (κ2) is 6.39. The molecule has 0 bridgehead atoms. The molecule has 2 rings (SSSR count). The van der Waals surface area contributed by atoms with Gasteiger partial charge in [-0.3, -0.25) is 5.32 Å². The highest BCUT2D eigenvalue weighted by molar-refractivity contribution is 5.83. The number of carbonyl (C=O) groups is 1. The van der Waals surface area contributed by atoms with Crippen LogP contribution in [0.3, 0.4) is 0 Å². The summed E-state index contributed by atoms with van der Waals surface area (Å²) in [5.74, 6) is 0.386. The summed E-state index contributed by atoms with van der Waals surface area (Å²) < 4.78 is 6.85. The highest BCUT2D eigenvalue weighted by Crippen LogP contribution is 2.09. The molecular formula is C15H20N4O2. The van der Waals surface area contributed by atoms with E-state index < -0.39 is 11.7 Å². The van der Waals surface area contributed by atoms with Gasteiger partial charge < -0.3 is 4.74 Å². The second-order valence-corrected chi connectivity index (χ2v) is 5.73.